The molecule has 4 heteroatoms. The number of benzene rings is 1. The zero-order valence-corrected chi connectivity index (χ0v) is 11.0. The summed E-state index contributed by atoms with van der Waals surface area (Å²) in [5.74, 6) is 1.52. The molecule has 1 saturated heterocycles. The molecule has 4 nitrogen and oxygen atoms in total. The molecule has 98 valence electrons. The summed E-state index contributed by atoms with van der Waals surface area (Å²) in [6.45, 7) is 4.22. The van der Waals surface area contributed by atoms with Crippen molar-refractivity contribution in [3.8, 4) is 11.5 Å². The van der Waals surface area contributed by atoms with E-state index in [4.69, 9.17) is 9.47 Å². The number of hydrogen-bond donors (Lipinski definition) is 1. The predicted molar refractivity (Wildman–Crippen MR) is 73.0 cm³/mol. The van der Waals surface area contributed by atoms with Gasteiger partial charge in [-0.25, -0.2) is 0 Å². The molecule has 1 aliphatic rings. The second-order valence-electron chi connectivity index (χ2n) is 4.22. The van der Waals surface area contributed by atoms with Gasteiger partial charge in [-0.1, -0.05) is 6.07 Å². The molecule has 18 heavy (non-hydrogen) atoms. The predicted octanol–water partition coefficient (Wildman–Crippen LogP) is 1.58. The van der Waals surface area contributed by atoms with Crippen molar-refractivity contribution in [2.45, 2.75) is 0 Å². The van der Waals surface area contributed by atoms with E-state index < -0.39 is 0 Å². The summed E-state index contributed by atoms with van der Waals surface area (Å²) in [5, 5.41) is 3.33. The van der Waals surface area contributed by atoms with Gasteiger partial charge in [-0.2, -0.15) is 0 Å². The summed E-state index contributed by atoms with van der Waals surface area (Å²) in [5.41, 5.74) is 1.12. The lowest BCUT2D eigenvalue weighted by Crippen LogP contribution is -2.40. The van der Waals surface area contributed by atoms with E-state index in [2.05, 4.69) is 22.5 Å². The van der Waals surface area contributed by atoms with Crippen LogP contribution in [0.5, 0.6) is 11.5 Å². The maximum atomic E-state index is 5.29. The van der Waals surface area contributed by atoms with Crippen molar-refractivity contribution < 1.29 is 9.47 Å². The Kier molecular flexibility index (Phi) is 4.47. The Morgan fingerprint density at radius 1 is 1.11 bits per heavy atom. The van der Waals surface area contributed by atoms with Gasteiger partial charge in [0, 0.05) is 26.2 Å². The van der Waals surface area contributed by atoms with Crippen LogP contribution in [0.15, 0.2) is 24.4 Å². The first-order chi connectivity index (χ1) is 8.83. The topological polar surface area (TPSA) is 33.7 Å². The van der Waals surface area contributed by atoms with E-state index in [1.54, 1.807) is 14.2 Å². The van der Waals surface area contributed by atoms with Gasteiger partial charge in [0.25, 0.3) is 0 Å². The third-order valence-corrected chi connectivity index (χ3v) is 3.04. The minimum Gasteiger partial charge on any atom is -0.493 e. The second-order valence-corrected chi connectivity index (χ2v) is 4.22. The highest BCUT2D eigenvalue weighted by Gasteiger charge is 2.05. The van der Waals surface area contributed by atoms with Crippen molar-refractivity contribution in [3.05, 3.63) is 30.0 Å². The highest BCUT2D eigenvalue weighted by atomic mass is 16.5. The molecule has 0 radical (unpaired) electrons. The first-order valence-electron chi connectivity index (χ1n) is 6.18. The molecule has 1 aromatic rings. The highest BCUT2D eigenvalue weighted by molar-refractivity contribution is 5.55. The van der Waals surface area contributed by atoms with Gasteiger partial charge in [-0.15, -0.1) is 0 Å². The van der Waals surface area contributed by atoms with Crippen LogP contribution in [0, 0.1) is 0 Å². The summed E-state index contributed by atoms with van der Waals surface area (Å²) in [6.07, 6.45) is 4.25. The van der Waals surface area contributed by atoms with Gasteiger partial charge >= 0.3 is 0 Å². The molecule has 1 fully saturated rings. The minimum absolute atomic E-state index is 0.761. The van der Waals surface area contributed by atoms with Crippen LogP contribution in [-0.2, 0) is 0 Å². The van der Waals surface area contributed by atoms with Crippen molar-refractivity contribution in [1.29, 1.82) is 0 Å². The third-order valence-electron chi connectivity index (χ3n) is 3.04. The van der Waals surface area contributed by atoms with Crippen molar-refractivity contribution in [2.24, 2.45) is 0 Å². The van der Waals surface area contributed by atoms with E-state index in [1.165, 1.54) is 0 Å². The molecule has 0 spiro atoms. The summed E-state index contributed by atoms with van der Waals surface area (Å²) < 4.78 is 10.5. The van der Waals surface area contributed by atoms with Gasteiger partial charge in [0.1, 0.15) is 0 Å². The quantitative estimate of drug-likeness (QED) is 0.877. The van der Waals surface area contributed by atoms with Crippen molar-refractivity contribution in [2.75, 3.05) is 40.4 Å². The number of nitrogens with one attached hydrogen (secondary N) is 1. The Bertz CT molecular complexity index is 412. The molecule has 0 aromatic heterocycles. The fourth-order valence-electron chi connectivity index (χ4n) is 1.98. The SMILES string of the molecule is COc1ccc(C=CN2CCNCC2)cc1OC. The van der Waals surface area contributed by atoms with Gasteiger partial charge in [-0.05, 0) is 30.0 Å². The molecule has 0 bridgehead atoms. The van der Waals surface area contributed by atoms with Gasteiger partial charge in [0.15, 0.2) is 11.5 Å². The average Bonchev–Trinajstić information content (AvgIpc) is 2.45. The van der Waals surface area contributed by atoms with Gasteiger partial charge in [0.05, 0.1) is 14.2 Å². The average molecular weight is 248 g/mol. The lowest BCUT2D eigenvalue weighted by atomic mass is 10.2. The van der Waals surface area contributed by atoms with Gasteiger partial charge < -0.3 is 19.7 Å². The zero-order valence-electron chi connectivity index (χ0n) is 11.0. The molecule has 1 aromatic carbocycles. The first-order valence-corrected chi connectivity index (χ1v) is 6.18. The molecule has 0 saturated carbocycles. The maximum Gasteiger partial charge on any atom is 0.161 e. The molecule has 0 amide bonds. The maximum absolute atomic E-state index is 5.29. The van der Waals surface area contributed by atoms with Crippen molar-refractivity contribution in [1.82, 2.24) is 10.2 Å². The molecule has 0 unspecified atom stereocenters. The Morgan fingerprint density at radius 3 is 2.50 bits per heavy atom. The van der Waals surface area contributed by atoms with E-state index in [0.29, 0.717) is 0 Å². The summed E-state index contributed by atoms with van der Waals surface area (Å²) in [6, 6.07) is 5.94. The molecule has 1 heterocycles. The molecule has 0 atom stereocenters. The third kappa shape index (κ3) is 3.17. The number of nitrogens with zero attached hydrogens (tertiary/aromatic N) is 1. The van der Waals surface area contributed by atoms with Gasteiger partial charge in [0.2, 0.25) is 0 Å². The highest BCUT2D eigenvalue weighted by Crippen LogP contribution is 2.27. The molecular weight excluding hydrogens is 228 g/mol. The Hall–Kier alpha value is -1.68. The van der Waals surface area contributed by atoms with Crippen LogP contribution in [0.1, 0.15) is 5.56 Å². The number of ether oxygens (including phenoxy) is 2. The fraction of sp³-hybridized carbons (Fsp3) is 0.429. The fourth-order valence-corrected chi connectivity index (χ4v) is 1.98. The largest absolute Gasteiger partial charge is 0.493 e. The van der Waals surface area contributed by atoms with Crippen molar-refractivity contribution in [3.63, 3.8) is 0 Å². The number of rotatable bonds is 4. The van der Waals surface area contributed by atoms with Crippen LogP contribution in [0.4, 0.5) is 0 Å². The minimum atomic E-state index is 0.761. The molecule has 0 aliphatic carbocycles. The van der Waals surface area contributed by atoms with Crippen LogP contribution in [-0.4, -0.2) is 45.3 Å². The number of hydrogen-bond acceptors (Lipinski definition) is 4. The van der Waals surface area contributed by atoms with Crippen LogP contribution in [0.25, 0.3) is 6.08 Å². The molecule has 1 aliphatic heterocycles. The monoisotopic (exact) mass is 248 g/mol. The van der Waals surface area contributed by atoms with E-state index in [1.807, 2.05) is 18.2 Å². The molecule has 1 N–H and O–H groups in total. The van der Waals surface area contributed by atoms with Gasteiger partial charge in [-0.3, -0.25) is 0 Å². The smallest absolute Gasteiger partial charge is 0.161 e. The van der Waals surface area contributed by atoms with E-state index in [0.717, 1.165) is 43.2 Å². The summed E-state index contributed by atoms with van der Waals surface area (Å²) in [4.78, 5) is 2.31. The summed E-state index contributed by atoms with van der Waals surface area (Å²) >= 11 is 0. The van der Waals surface area contributed by atoms with E-state index in [9.17, 15) is 0 Å². The molecule has 2 rings (SSSR count). The van der Waals surface area contributed by atoms with Crippen LogP contribution in [0.3, 0.4) is 0 Å². The zero-order chi connectivity index (χ0) is 12.8. The number of piperazine rings is 1. The standard InChI is InChI=1S/C14H20N2O2/c1-17-13-4-3-12(11-14(13)18-2)5-8-16-9-6-15-7-10-16/h3-5,8,11,15H,6-7,9-10H2,1-2H3. The van der Waals surface area contributed by atoms with E-state index in [-0.39, 0.29) is 0 Å². The Morgan fingerprint density at radius 2 is 1.83 bits per heavy atom. The lowest BCUT2D eigenvalue weighted by molar-refractivity contribution is 0.326. The molecular formula is C14H20N2O2. The Labute approximate surface area is 108 Å². The lowest BCUT2D eigenvalue weighted by Gasteiger charge is -2.25. The van der Waals surface area contributed by atoms with Crippen LogP contribution >= 0.6 is 0 Å². The second kappa shape index (κ2) is 6.31. The van der Waals surface area contributed by atoms with Crippen LogP contribution in [0.2, 0.25) is 0 Å². The number of methoxy groups -OCH3 is 2. The van der Waals surface area contributed by atoms with E-state index >= 15 is 0 Å². The Balaban J connectivity index is 2.06. The van der Waals surface area contributed by atoms with Crippen LogP contribution < -0.4 is 14.8 Å². The normalized spacial score (nSPS) is 16.0. The summed E-state index contributed by atoms with van der Waals surface area (Å²) in [7, 11) is 3.30. The first kappa shape index (κ1) is 12.8. The van der Waals surface area contributed by atoms with Crippen molar-refractivity contribution >= 4 is 6.08 Å².